The van der Waals surface area contributed by atoms with Crippen LogP contribution in [0.15, 0.2) is 37.1 Å². The first-order valence-electron chi connectivity index (χ1n) is 11.5. The van der Waals surface area contributed by atoms with Gasteiger partial charge in [-0.15, -0.1) is 0 Å². The average molecular weight is 410 g/mol. The molecule has 1 fully saturated rings. The molecule has 2 heterocycles. The number of hydrogen-bond acceptors (Lipinski definition) is 2. The van der Waals surface area contributed by atoms with Crippen LogP contribution >= 0.6 is 0 Å². The van der Waals surface area contributed by atoms with Crippen LogP contribution in [0.5, 0.6) is 0 Å². The summed E-state index contributed by atoms with van der Waals surface area (Å²) in [6.45, 7) is 10.4. The highest BCUT2D eigenvalue weighted by Crippen LogP contribution is 2.46. The van der Waals surface area contributed by atoms with E-state index < -0.39 is 0 Å². The Balaban J connectivity index is 1.68. The van der Waals surface area contributed by atoms with Gasteiger partial charge in [-0.2, -0.15) is 0 Å². The molecule has 2 aromatic rings. The zero-order chi connectivity index (χ0) is 21.3. The molecule has 30 heavy (non-hydrogen) atoms. The maximum absolute atomic E-state index is 14.1. The summed E-state index contributed by atoms with van der Waals surface area (Å²) in [5.41, 5.74) is 4.05. The molecule has 0 bridgehead atoms. The summed E-state index contributed by atoms with van der Waals surface area (Å²) in [6.07, 6.45) is 8.38. The minimum Gasteiger partial charge on any atom is -0.361 e. The Morgan fingerprint density at radius 1 is 1.33 bits per heavy atom. The van der Waals surface area contributed by atoms with Crippen molar-refractivity contribution in [1.29, 1.82) is 0 Å². The van der Waals surface area contributed by atoms with Gasteiger partial charge in [0.2, 0.25) is 0 Å². The molecule has 1 N–H and O–H groups in total. The second kappa shape index (κ2) is 8.56. The minimum absolute atomic E-state index is 0.293. The molecule has 0 saturated carbocycles. The number of nitrogens with zero attached hydrogens (tertiary/aromatic N) is 3. The molecule has 1 aliphatic carbocycles. The van der Waals surface area contributed by atoms with E-state index in [0.717, 1.165) is 52.0 Å². The van der Waals surface area contributed by atoms with Crippen LogP contribution < -0.4 is 0 Å². The lowest BCUT2D eigenvalue weighted by molar-refractivity contribution is -0.880. The largest absolute Gasteiger partial charge is 0.419 e. The number of rotatable bonds is 7. The van der Waals surface area contributed by atoms with Crippen LogP contribution in [0.2, 0.25) is 0 Å². The number of carbonyl (C=O) groups is 1. The summed E-state index contributed by atoms with van der Waals surface area (Å²) < 4.78 is 0.533. The molecule has 1 saturated heterocycles. The highest BCUT2D eigenvalue weighted by molar-refractivity contribution is 5.88. The third-order valence-electron chi connectivity index (χ3n) is 7.34. The molecule has 0 spiro atoms. The lowest BCUT2D eigenvalue weighted by Crippen LogP contribution is -2.68. The molecule has 0 radical (unpaired) electrons. The van der Waals surface area contributed by atoms with Crippen LogP contribution in [0, 0.1) is 0 Å². The monoisotopic (exact) mass is 409 g/mol. The molecule has 4 rings (SSSR count). The molecular formula is C25H37N4O+. The van der Waals surface area contributed by atoms with Crippen molar-refractivity contribution in [3.05, 3.63) is 48.2 Å². The fourth-order valence-electron chi connectivity index (χ4n) is 5.98. The van der Waals surface area contributed by atoms with Crippen molar-refractivity contribution in [3.8, 4) is 0 Å². The number of benzene rings is 1. The van der Waals surface area contributed by atoms with Crippen molar-refractivity contribution < 1.29 is 9.28 Å². The Kier molecular flexibility index (Phi) is 6.03. The van der Waals surface area contributed by atoms with Crippen molar-refractivity contribution in [2.24, 2.45) is 0 Å². The first-order chi connectivity index (χ1) is 14.5. The highest BCUT2D eigenvalue weighted by atomic mass is 16.2. The molecule has 3 atom stereocenters. The number of quaternary nitrogens is 1. The van der Waals surface area contributed by atoms with E-state index in [-0.39, 0.29) is 0 Å². The third kappa shape index (κ3) is 3.48. The van der Waals surface area contributed by atoms with E-state index in [1.165, 1.54) is 28.5 Å². The summed E-state index contributed by atoms with van der Waals surface area (Å²) in [6, 6.07) is 7.23. The van der Waals surface area contributed by atoms with Crippen LogP contribution in [-0.4, -0.2) is 78.2 Å². The summed E-state index contributed by atoms with van der Waals surface area (Å²) >= 11 is 0. The van der Waals surface area contributed by atoms with E-state index >= 15 is 0 Å². The molecule has 162 valence electrons. The van der Waals surface area contributed by atoms with E-state index in [0.29, 0.717) is 22.5 Å². The Hall–Kier alpha value is -2.11. The second-order valence-electron chi connectivity index (χ2n) is 9.35. The lowest BCUT2D eigenvalue weighted by atomic mass is 9.73. The van der Waals surface area contributed by atoms with Crippen molar-refractivity contribution >= 4 is 16.9 Å². The van der Waals surface area contributed by atoms with Gasteiger partial charge in [0.15, 0.2) is 0 Å². The quantitative estimate of drug-likeness (QED) is 0.545. The first-order valence-corrected chi connectivity index (χ1v) is 11.5. The zero-order valence-corrected chi connectivity index (χ0v) is 18.9. The molecule has 2 unspecified atom stereocenters. The molecule has 5 heteroatoms. The Morgan fingerprint density at radius 3 is 2.90 bits per heavy atom. The SMILES string of the molecule is C=CC[N+]1(C(=O)N(CC)CCCN(C)C)CCCC2c3cccc4[nH]cc(c34)C[C@H]21. The summed E-state index contributed by atoms with van der Waals surface area (Å²) in [5, 5.41) is 1.41. The Bertz CT molecular complexity index is 917. The molecule has 1 aromatic heterocycles. The lowest BCUT2D eigenvalue weighted by Gasteiger charge is -2.51. The number of piperidine rings is 1. The summed E-state index contributed by atoms with van der Waals surface area (Å²) in [7, 11) is 4.19. The van der Waals surface area contributed by atoms with Gasteiger partial charge in [-0.3, -0.25) is 4.90 Å². The standard InChI is InChI=1S/C25H37N4O/c1-5-15-29(25(30)28(6-2)14-9-13-27(3)4)16-8-11-20-21-10-7-12-22-24(21)19(18-26-22)17-23(20)29/h5,7,10,12,18,20,23,26H,1,6,8-9,11,13-17H2,2-4H3/q+1/t20?,23-,29?/m1/s1. The topological polar surface area (TPSA) is 39.3 Å². The average Bonchev–Trinajstić information content (AvgIpc) is 3.16. The number of hydrogen-bond donors (Lipinski definition) is 1. The predicted molar refractivity (Wildman–Crippen MR) is 124 cm³/mol. The number of aromatic nitrogens is 1. The van der Waals surface area contributed by atoms with Gasteiger partial charge in [0.1, 0.15) is 12.6 Å². The predicted octanol–water partition coefficient (Wildman–Crippen LogP) is 4.37. The maximum Gasteiger partial charge on any atom is 0.419 e. The minimum atomic E-state index is 0.293. The summed E-state index contributed by atoms with van der Waals surface area (Å²) in [4.78, 5) is 21.8. The second-order valence-corrected chi connectivity index (χ2v) is 9.35. The van der Waals surface area contributed by atoms with Gasteiger partial charge in [0.25, 0.3) is 0 Å². The van der Waals surface area contributed by atoms with E-state index in [4.69, 9.17) is 0 Å². The van der Waals surface area contributed by atoms with Crippen molar-refractivity contribution in [1.82, 2.24) is 14.8 Å². The number of urea groups is 1. The van der Waals surface area contributed by atoms with E-state index in [1.807, 2.05) is 6.08 Å². The van der Waals surface area contributed by atoms with Crippen LogP contribution in [0.25, 0.3) is 10.9 Å². The van der Waals surface area contributed by atoms with Crippen LogP contribution in [0.1, 0.15) is 43.2 Å². The van der Waals surface area contributed by atoms with Gasteiger partial charge in [-0.1, -0.05) is 18.7 Å². The van der Waals surface area contributed by atoms with E-state index in [9.17, 15) is 4.79 Å². The van der Waals surface area contributed by atoms with E-state index in [2.05, 4.69) is 66.8 Å². The fourth-order valence-corrected chi connectivity index (χ4v) is 5.98. The molecule has 1 aromatic carbocycles. The number of amides is 2. The fraction of sp³-hybridized carbons (Fsp3) is 0.560. The van der Waals surface area contributed by atoms with Gasteiger partial charge in [-0.25, -0.2) is 9.28 Å². The smallest absolute Gasteiger partial charge is 0.361 e. The van der Waals surface area contributed by atoms with Crippen molar-refractivity contribution in [3.63, 3.8) is 0 Å². The number of likely N-dealkylation sites (tertiary alicyclic amines) is 1. The Labute approximate surface area is 180 Å². The number of H-pyrrole nitrogens is 1. The van der Waals surface area contributed by atoms with Gasteiger partial charge in [0.05, 0.1) is 6.54 Å². The molecule has 5 nitrogen and oxygen atoms in total. The molecule has 2 aliphatic rings. The molecule has 1 aliphatic heterocycles. The normalized spacial score (nSPS) is 25.3. The number of fused-ring (bicyclic) bond motifs is 2. The van der Waals surface area contributed by atoms with Crippen molar-refractivity contribution in [2.75, 3.05) is 46.8 Å². The highest BCUT2D eigenvalue weighted by Gasteiger charge is 2.53. The van der Waals surface area contributed by atoms with Gasteiger partial charge < -0.3 is 9.88 Å². The van der Waals surface area contributed by atoms with Gasteiger partial charge in [-0.05, 0) is 70.1 Å². The first kappa shape index (κ1) is 21.1. The van der Waals surface area contributed by atoms with Crippen LogP contribution in [0.4, 0.5) is 4.79 Å². The molecular weight excluding hydrogens is 372 g/mol. The van der Waals surface area contributed by atoms with Crippen LogP contribution in [-0.2, 0) is 6.42 Å². The van der Waals surface area contributed by atoms with Gasteiger partial charge >= 0.3 is 6.03 Å². The molecule has 2 amide bonds. The number of nitrogens with one attached hydrogen (secondary N) is 1. The Morgan fingerprint density at radius 2 is 2.17 bits per heavy atom. The zero-order valence-electron chi connectivity index (χ0n) is 18.9. The van der Waals surface area contributed by atoms with Gasteiger partial charge in [0, 0.05) is 42.5 Å². The van der Waals surface area contributed by atoms with Crippen LogP contribution in [0.3, 0.4) is 0 Å². The summed E-state index contributed by atoms with van der Waals surface area (Å²) in [5.74, 6) is 0.440. The van der Waals surface area contributed by atoms with Crippen molar-refractivity contribution in [2.45, 2.75) is 44.6 Å². The number of aromatic amines is 1. The maximum atomic E-state index is 14.1. The number of carbonyl (C=O) groups excluding carboxylic acids is 1. The third-order valence-corrected chi connectivity index (χ3v) is 7.34. The van der Waals surface area contributed by atoms with E-state index in [1.54, 1.807) is 0 Å².